The fourth-order valence-electron chi connectivity index (χ4n) is 1.19. The molecule has 4 heteroatoms. The van der Waals surface area contributed by atoms with Crippen LogP contribution in [0.25, 0.3) is 0 Å². The molecular formula is C11H13Cl2NO. The van der Waals surface area contributed by atoms with Gasteiger partial charge in [0.15, 0.2) is 5.78 Å². The minimum Gasteiger partial charge on any atom is -0.330 e. The monoisotopic (exact) mass is 245 g/mol. The Hall–Kier alpha value is -0.570. The molecule has 2 N–H and O–H groups in total. The lowest BCUT2D eigenvalue weighted by atomic mass is 10.00. The third-order valence-corrected chi connectivity index (χ3v) is 2.92. The lowest BCUT2D eigenvalue weighted by Crippen LogP contribution is -2.15. The number of hydrogen-bond donors (Lipinski definition) is 1. The van der Waals surface area contributed by atoms with Crippen molar-refractivity contribution in [3.05, 3.63) is 33.8 Å². The second-order valence-electron chi connectivity index (χ2n) is 3.60. The van der Waals surface area contributed by atoms with Crippen molar-refractivity contribution < 1.29 is 4.79 Å². The highest BCUT2D eigenvalue weighted by Gasteiger charge is 2.11. The van der Waals surface area contributed by atoms with Crippen molar-refractivity contribution in [2.75, 3.05) is 6.54 Å². The van der Waals surface area contributed by atoms with Crippen LogP contribution in [0.5, 0.6) is 0 Å². The Morgan fingerprint density at radius 1 is 1.40 bits per heavy atom. The van der Waals surface area contributed by atoms with Crippen LogP contribution in [-0.2, 0) is 0 Å². The molecule has 0 aliphatic rings. The molecule has 0 heterocycles. The summed E-state index contributed by atoms with van der Waals surface area (Å²) in [7, 11) is 0. The smallest absolute Gasteiger partial charge is 0.163 e. The van der Waals surface area contributed by atoms with Gasteiger partial charge in [0.1, 0.15) is 0 Å². The van der Waals surface area contributed by atoms with Gasteiger partial charge in [0.25, 0.3) is 0 Å². The Bertz CT molecular complexity index is 366. The van der Waals surface area contributed by atoms with Gasteiger partial charge in [0.05, 0.1) is 10.0 Å². The summed E-state index contributed by atoms with van der Waals surface area (Å²) in [5.41, 5.74) is 6.04. The zero-order chi connectivity index (χ0) is 11.4. The van der Waals surface area contributed by atoms with Crippen LogP contribution in [0, 0.1) is 5.92 Å². The summed E-state index contributed by atoms with van der Waals surface area (Å²) < 4.78 is 0. The largest absolute Gasteiger partial charge is 0.330 e. The second-order valence-corrected chi connectivity index (χ2v) is 4.41. The number of benzene rings is 1. The number of carbonyl (C=O) groups is 1. The Morgan fingerprint density at radius 2 is 2.07 bits per heavy atom. The second kappa shape index (κ2) is 5.50. The van der Waals surface area contributed by atoms with Gasteiger partial charge in [-0.25, -0.2) is 0 Å². The molecule has 1 unspecified atom stereocenters. The summed E-state index contributed by atoms with van der Waals surface area (Å²) in [6.07, 6.45) is 0.439. The van der Waals surface area contributed by atoms with E-state index >= 15 is 0 Å². The molecule has 1 aromatic carbocycles. The summed E-state index contributed by atoms with van der Waals surface area (Å²) >= 11 is 11.6. The third-order valence-electron chi connectivity index (χ3n) is 2.18. The average molecular weight is 246 g/mol. The first-order valence-corrected chi connectivity index (χ1v) is 5.48. The molecule has 0 aliphatic heterocycles. The van der Waals surface area contributed by atoms with Gasteiger partial charge < -0.3 is 5.73 Å². The van der Waals surface area contributed by atoms with Crippen LogP contribution in [0.2, 0.25) is 10.0 Å². The molecule has 0 aromatic heterocycles. The molecule has 1 atom stereocenters. The summed E-state index contributed by atoms with van der Waals surface area (Å²) in [6.45, 7) is 2.45. The quantitative estimate of drug-likeness (QED) is 0.829. The van der Waals surface area contributed by atoms with E-state index in [1.807, 2.05) is 6.92 Å². The molecule has 2 nitrogen and oxygen atoms in total. The van der Waals surface area contributed by atoms with E-state index in [0.717, 1.165) is 0 Å². The highest BCUT2D eigenvalue weighted by atomic mass is 35.5. The first-order valence-electron chi connectivity index (χ1n) is 4.73. The maximum absolute atomic E-state index is 11.7. The van der Waals surface area contributed by atoms with Crippen molar-refractivity contribution in [2.24, 2.45) is 11.7 Å². The number of halogens is 2. The van der Waals surface area contributed by atoms with Gasteiger partial charge >= 0.3 is 0 Å². The topological polar surface area (TPSA) is 43.1 Å². The summed E-state index contributed by atoms with van der Waals surface area (Å²) in [5.74, 6) is 0.235. The van der Waals surface area contributed by atoms with E-state index < -0.39 is 0 Å². The standard InChI is InChI=1S/C11H13Cl2NO/c1-7(6-14)4-11(15)8-2-3-9(12)10(13)5-8/h2-3,5,7H,4,6,14H2,1H3. The summed E-state index contributed by atoms with van der Waals surface area (Å²) in [6, 6.07) is 4.90. The number of ketones is 1. The molecule has 0 amide bonds. The number of rotatable bonds is 4. The molecule has 15 heavy (non-hydrogen) atoms. The molecule has 0 aliphatic carbocycles. The van der Waals surface area contributed by atoms with Crippen molar-refractivity contribution in [1.29, 1.82) is 0 Å². The van der Waals surface area contributed by atoms with Gasteiger partial charge in [-0.05, 0) is 30.7 Å². The van der Waals surface area contributed by atoms with Crippen molar-refractivity contribution in [3.63, 3.8) is 0 Å². The molecular weight excluding hydrogens is 233 g/mol. The zero-order valence-electron chi connectivity index (χ0n) is 8.47. The number of Topliss-reactive ketones (excluding diaryl/α,β-unsaturated/α-hetero) is 1. The maximum atomic E-state index is 11.7. The zero-order valence-corrected chi connectivity index (χ0v) is 9.98. The van der Waals surface area contributed by atoms with Crippen LogP contribution in [-0.4, -0.2) is 12.3 Å². The molecule has 0 spiro atoms. The Kier molecular flexibility index (Phi) is 4.58. The van der Waals surface area contributed by atoms with Gasteiger partial charge in [0, 0.05) is 12.0 Å². The fraction of sp³-hybridized carbons (Fsp3) is 0.364. The minimum absolute atomic E-state index is 0.0477. The van der Waals surface area contributed by atoms with Crippen molar-refractivity contribution in [2.45, 2.75) is 13.3 Å². The van der Waals surface area contributed by atoms with E-state index in [0.29, 0.717) is 28.6 Å². The first-order chi connectivity index (χ1) is 7.04. The van der Waals surface area contributed by atoms with E-state index in [4.69, 9.17) is 28.9 Å². The van der Waals surface area contributed by atoms with Crippen LogP contribution in [0.15, 0.2) is 18.2 Å². The normalized spacial score (nSPS) is 12.5. The lowest BCUT2D eigenvalue weighted by Gasteiger charge is -2.07. The number of nitrogens with two attached hydrogens (primary N) is 1. The Balaban J connectivity index is 2.78. The van der Waals surface area contributed by atoms with Gasteiger partial charge in [-0.15, -0.1) is 0 Å². The predicted molar refractivity (Wildman–Crippen MR) is 63.6 cm³/mol. The van der Waals surface area contributed by atoms with E-state index in [-0.39, 0.29) is 11.7 Å². The molecule has 1 rings (SSSR count). The molecule has 82 valence electrons. The van der Waals surface area contributed by atoms with E-state index in [9.17, 15) is 4.79 Å². The SMILES string of the molecule is CC(CN)CC(=O)c1ccc(Cl)c(Cl)c1. The number of hydrogen-bond acceptors (Lipinski definition) is 2. The number of carbonyl (C=O) groups excluding carboxylic acids is 1. The van der Waals surface area contributed by atoms with Gasteiger partial charge in [-0.3, -0.25) is 4.79 Å². The molecule has 0 fully saturated rings. The third kappa shape index (κ3) is 3.49. The molecule has 0 saturated carbocycles. The predicted octanol–water partition coefficient (Wildman–Crippen LogP) is 3.16. The van der Waals surface area contributed by atoms with Crippen LogP contribution >= 0.6 is 23.2 Å². The van der Waals surface area contributed by atoms with E-state index in [1.165, 1.54) is 0 Å². The van der Waals surface area contributed by atoms with E-state index in [1.54, 1.807) is 18.2 Å². The van der Waals surface area contributed by atoms with Crippen molar-refractivity contribution in [3.8, 4) is 0 Å². The van der Waals surface area contributed by atoms with E-state index in [2.05, 4.69) is 0 Å². The molecule has 0 bridgehead atoms. The summed E-state index contributed by atoms with van der Waals surface area (Å²) in [5, 5.41) is 0.864. The van der Waals surface area contributed by atoms with Gasteiger partial charge in [0.2, 0.25) is 0 Å². The molecule has 1 aromatic rings. The first kappa shape index (κ1) is 12.5. The van der Waals surface area contributed by atoms with Gasteiger partial charge in [-0.2, -0.15) is 0 Å². The van der Waals surface area contributed by atoms with Crippen LogP contribution < -0.4 is 5.73 Å². The lowest BCUT2D eigenvalue weighted by molar-refractivity contribution is 0.0966. The Labute approximate surface area is 99.4 Å². The highest BCUT2D eigenvalue weighted by molar-refractivity contribution is 6.42. The van der Waals surface area contributed by atoms with Crippen LogP contribution in [0.4, 0.5) is 0 Å². The van der Waals surface area contributed by atoms with Crippen molar-refractivity contribution >= 4 is 29.0 Å². The Morgan fingerprint density at radius 3 is 2.60 bits per heavy atom. The average Bonchev–Trinajstić information content (AvgIpc) is 2.21. The molecule has 0 saturated heterocycles. The highest BCUT2D eigenvalue weighted by Crippen LogP contribution is 2.23. The van der Waals surface area contributed by atoms with Gasteiger partial charge in [-0.1, -0.05) is 30.1 Å². The molecule has 0 radical (unpaired) electrons. The van der Waals surface area contributed by atoms with Crippen molar-refractivity contribution in [1.82, 2.24) is 0 Å². The maximum Gasteiger partial charge on any atom is 0.163 e. The van der Waals surface area contributed by atoms with Crippen LogP contribution in [0.1, 0.15) is 23.7 Å². The minimum atomic E-state index is 0.0477. The fourth-order valence-corrected chi connectivity index (χ4v) is 1.49. The summed E-state index contributed by atoms with van der Waals surface area (Å²) in [4.78, 5) is 11.7. The van der Waals surface area contributed by atoms with Crippen LogP contribution in [0.3, 0.4) is 0 Å².